The standard InChI is InChI=1S/C22H24ClN3O2/c1-4-19(14-6-5-7-14)26-21-20(25-13(2)22(26)27)17(10-11-24-21)16-9-8-15(28-3)12-18(16)23/h8-12,14,19H,4-7H2,1-3H3/t19-/m1/s1. The van der Waals surface area contributed by atoms with Gasteiger partial charge in [0.15, 0.2) is 5.65 Å². The molecular formula is C22H24ClN3O2. The Morgan fingerprint density at radius 3 is 2.68 bits per heavy atom. The van der Waals surface area contributed by atoms with Crippen molar-refractivity contribution >= 4 is 22.8 Å². The second-order valence-electron chi connectivity index (χ2n) is 7.42. The molecule has 5 nitrogen and oxygen atoms in total. The molecule has 0 amide bonds. The minimum Gasteiger partial charge on any atom is -0.497 e. The summed E-state index contributed by atoms with van der Waals surface area (Å²) in [4.78, 5) is 22.2. The molecule has 2 heterocycles. The van der Waals surface area contributed by atoms with Gasteiger partial charge in [-0.2, -0.15) is 0 Å². The number of halogens is 1. The smallest absolute Gasteiger partial charge is 0.273 e. The van der Waals surface area contributed by atoms with Gasteiger partial charge in [0.25, 0.3) is 5.56 Å². The lowest BCUT2D eigenvalue weighted by Gasteiger charge is -2.35. The molecule has 2 aromatic heterocycles. The maximum Gasteiger partial charge on any atom is 0.273 e. The van der Waals surface area contributed by atoms with Gasteiger partial charge in [-0.15, -0.1) is 0 Å². The van der Waals surface area contributed by atoms with Crippen molar-refractivity contribution in [1.82, 2.24) is 14.5 Å². The second kappa shape index (κ2) is 7.55. The molecule has 1 fully saturated rings. The number of fused-ring (bicyclic) bond motifs is 1. The predicted octanol–water partition coefficient (Wildman–Crippen LogP) is 5.18. The summed E-state index contributed by atoms with van der Waals surface area (Å²) < 4.78 is 7.14. The van der Waals surface area contributed by atoms with Crippen LogP contribution < -0.4 is 10.3 Å². The first-order valence-electron chi connectivity index (χ1n) is 9.77. The molecule has 1 atom stereocenters. The predicted molar refractivity (Wildman–Crippen MR) is 112 cm³/mol. The maximum atomic E-state index is 13.0. The van der Waals surface area contributed by atoms with Gasteiger partial charge in [0.2, 0.25) is 0 Å². The Hall–Kier alpha value is -2.40. The minimum absolute atomic E-state index is 0.0447. The lowest BCUT2D eigenvalue weighted by molar-refractivity contribution is 0.203. The van der Waals surface area contributed by atoms with Gasteiger partial charge in [0.1, 0.15) is 17.0 Å². The van der Waals surface area contributed by atoms with Crippen LogP contribution in [0.25, 0.3) is 22.3 Å². The van der Waals surface area contributed by atoms with Crippen LogP contribution in [0.1, 0.15) is 44.3 Å². The maximum absolute atomic E-state index is 13.0. The molecule has 1 saturated carbocycles. The number of nitrogens with zero attached hydrogens (tertiary/aromatic N) is 3. The SMILES string of the molecule is CC[C@H](C1CCC1)n1c(=O)c(C)nc2c(-c3ccc(OC)cc3Cl)ccnc21. The van der Waals surface area contributed by atoms with Crippen molar-refractivity contribution in [2.75, 3.05) is 7.11 Å². The van der Waals surface area contributed by atoms with E-state index in [0.29, 0.717) is 33.5 Å². The summed E-state index contributed by atoms with van der Waals surface area (Å²) >= 11 is 6.53. The van der Waals surface area contributed by atoms with Crippen LogP contribution in [-0.4, -0.2) is 21.6 Å². The van der Waals surface area contributed by atoms with Crippen molar-refractivity contribution in [3.05, 3.63) is 51.5 Å². The van der Waals surface area contributed by atoms with Crippen LogP contribution in [0.15, 0.2) is 35.3 Å². The number of benzene rings is 1. The highest BCUT2D eigenvalue weighted by Gasteiger charge is 2.30. The van der Waals surface area contributed by atoms with E-state index in [-0.39, 0.29) is 11.6 Å². The molecule has 0 radical (unpaired) electrons. The number of aromatic nitrogens is 3. The van der Waals surface area contributed by atoms with E-state index in [1.54, 1.807) is 26.3 Å². The van der Waals surface area contributed by atoms with Gasteiger partial charge in [0, 0.05) is 23.4 Å². The first kappa shape index (κ1) is 18.9. The lowest BCUT2D eigenvalue weighted by atomic mass is 9.78. The molecule has 1 aliphatic rings. The van der Waals surface area contributed by atoms with Gasteiger partial charge < -0.3 is 4.74 Å². The molecule has 0 spiro atoms. The van der Waals surface area contributed by atoms with Crippen LogP contribution in [0.5, 0.6) is 5.75 Å². The summed E-state index contributed by atoms with van der Waals surface area (Å²) in [6, 6.07) is 7.64. The van der Waals surface area contributed by atoms with Crippen molar-refractivity contribution in [1.29, 1.82) is 0 Å². The van der Waals surface area contributed by atoms with Crippen LogP contribution >= 0.6 is 11.6 Å². The fourth-order valence-corrected chi connectivity index (χ4v) is 4.41. The van der Waals surface area contributed by atoms with Crippen molar-refractivity contribution in [3.63, 3.8) is 0 Å². The minimum atomic E-state index is -0.0447. The summed E-state index contributed by atoms with van der Waals surface area (Å²) in [5.41, 5.74) is 3.52. The third-order valence-electron chi connectivity index (χ3n) is 5.85. The van der Waals surface area contributed by atoms with Gasteiger partial charge in [-0.25, -0.2) is 9.97 Å². The lowest BCUT2D eigenvalue weighted by Crippen LogP contribution is -2.34. The van der Waals surface area contributed by atoms with E-state index in [4.69, 9.17) is 16.3 Å². The summed E-state index contributed by atoms with van der Waals surface area (Å²) in [6.07, 6.45) is 6.20. The monoisotopic (exact) mass is 397 g/mol. The Balaban J connectivity index is 1.97. The van der Waals surface area contributed by atoms with Gasteiger partial charge in [-0.1, -0.05) is 24.9 Å². The Bertz CT molecular complexity index is 1090. The summed E-state index contributed by atoms with van der Waals surface area (Å²) in [5.74, 6) is 1.23. The zero-order valence-corrected chi connectivity index (χ0v) is 17.2. The van der Waals surface area contributed by atoms with Crippen molar-refractivity contribution in [2.24, 2.45) is 5.92 Å². The van der Waals surface area contributed by atoms with Crippen LogP contribution in [0.4, 0.5) is 0 Å². The van der Waals surface area contributed by atoms with Crippen molar-refractivity contribution in [3.8, 4) is 16.9 Å². The first-order valence-corrected chi connectivity index (χ1v) is 10.1. The zero-order valence-electron chi connectivity index (χ0n) is 16.4. The van der Waals surface area contributed by atoms with Gasteiger partial charge in [-0.3, -0.25) is 9.36 Å². The second-order valence-corrected chi connectivity index (χ2v) is 7.82. The van der Waals surface area contributed by atoms with E-state index in [2.05, 4.69) is 16.9 Å². The average molecular weight is 398 g/mol. The number of rotatable bonds is 5. The Morgan fingerprint density at radius 1 is 1.29 bits per heavy atom. The van der Waals surface area contributed by atoms with E-state index in [9.17, 15) is 4.79 Å². The Kier molecular flexibility index (Phi) is 5.11. The number of aryl methyl sites for hydroxylation is 1. The molecular weight excluding hydrogens is 374 g/mol. The number of methoxy groups -OCH3 is 1. The van der Waals surface area contributed by atoms with Gasteiger partial charge in [-0.05, 0) is 56.4 Å². The van der Waals surface area contributed by atoms with Crippen molar-refractivity contribution in [2.45, 2.75) is 45.6 Å². The molecule has 0 N–H and O–H groups in total. The fourth-order valence-electron chi connectivity index (χ4n) is 4.13. The van der Waals surface area contributed by atoms with Crippen LogP contribution in [0, 0.1) is 12.8 Å². The molecule has 6 heteroatoms. The fraction of sp³-hybridized carbons (Fsp3) is 0.409. The van der Waals surface area contributed by atoms with Gasteiger partial charge in [0.05, 0.1) is 12.1 Å². The number of hydrogen-bond acceptors (Lipinski definition) is 4. The number of pyridine rings is 1. The molecule has 28 heavy (non-hydrogen) atoms. The topological polar surface area (TPSA) is 57.0 Å². The third kappa shape index (κ3) is 3.08. The van der Waals surface area contributed by atoms with E-state index in [1.165, 1.54) is 6.42 Å². The third-order valence-corrected chi connectivity index (χ3v) is 6.16. The summed E-state index contributed by atoms with van der Waals surface area (Å²) in [6.45, 7) is 3.92. The summed E-state index contributed by atoms with van der Waals surface area (Å²) in [7, 11) is 1.61. The average Bonchev–Trinajstić information content (AvgIpc) is 2.66. The van der Waals surface area contributed by atoms with E-state index >= 15 is 0 Å². The van der Waals surface area contributed by atoms with Crippen LogP contribution in [0.3, 0.4) is 0 Å². The normalized spacial score (nSPS) is 15.4. The molecule has 146 valence electrons. The Labute approximate surface area is 169 Å². The Morgan fingerprint density at radius 2 is 2.07 bits per heavy atom. The number of hydrogen-bond donors (Lipinski definition) is 0. The van der Waals surface area contributed by atoms with E-state index in [0.717, 1.165) is 30.4 Å². The quantitative estimate of drug-likeness (QED) is 0.595. The highest BCUT2D eigenvalue weighted by Crippen LogP contribution is 2.39. The molecule has 1 aromatic carbocycles. The molecule has 0 saturated heterocycles. The highest BCUT2D eigenvalue weighted by atomic mass is 35.5. The molecule has 0 unspecified atom stereocenters. The van der Waals surface area contributed by atoms with Crippen LogP contribution in [0.2, 0.25) is 5.02 Å². The molecule has 4 rings (SSSR count). The van der Waals surface area contributed by atoms with E-state index < -0.39 is 0 Å². The van der Waals surface area contributed by atoms with Crippen LogP contribution in [-0.2, 0) is 0 Å². The molecule has 0 bridgehead atoms. The van der Waals surface area contributed by atoms with Gasteiger partial charge >= 0.3 is 0 Å². The number of ether oxygens (including phenoxy) is 1. The van der Waals surface area contributed by atoms with E-state index in [1.807, 2.05) is 22.8 Å². The summed E-state index contributed by atoms with van der Waals surface area (Å²) in [5, 5.41) is 0.579. The molecule has 1 aliphatic carbocycles. The largest absolute Gasteiger partial charge is 0.497 e. The molecule has 3 aromatic rings. The van der Waals surface area contributed by atoms with Crippen molar-refractivity contribution < 1.29 is 4.74 Å². The zero-order chi connectivity index (χ0) is 19.8. The molecule has 0 aliphatic heterocycles. The highest BCUT2D eigenvalue weighted by molar-refractivity contribution is 6.33. The first-order chi connectivity index (χ1) is 13.5.